The number of benzene rings is 1. The van der Waals surface area contributed by atoms with Gasteiger partial charge < -0.3 is 5.11 Å². The number of aliphatic hydroxyl groups is 1. The summed E-state index contributed by atoms with van der Waals surface area (Å²) < 4.78 is 1.10. The van der Waals surface area contributed by atoms with Gasteiger partial charge in [0.15, 0.2) is 0 Å². The second-order valence-electron chi connectivity index (χ2n) is 4.71. The third kappa shape index (κ3) is 3.67. The van der Waals surface area contributed by atoms with Crippen LogP contribution in [0.2, 0.25) is 0 Å². The Morgan fingerprint density at radius 3 is 2.56 bits per heavy atom. The monoisotopic (exact) mass is 324 g/mol. The molecule has 96 valence electrons. The third-order valence-electron chi connectivity index (χ3n) is 3.10. The fourth-order valence-electron chi connectivity index (χ4n) is 1.97. The van der Waals surface area contributed by atoms with E-state index in [0.29, 0.717) is 0 Å². The number of aliphatic hydroxyl groups excluding tert-OH is 1. The molecule has 18 heavy (non-hydrogen) atoms. The molecule has 0 aliphatic heterocycles. The van der Waals surface area contributed by atoms with Gasteiger partial charge in [-0.15, -0.1) is 11.3 Å². The lowest BCUT2D eigenvalue weighted by atomic mass is 10.0. The van der Waals surface area contributed by atoms with E-state index in [4.69, 9.17) is 0 Å². The van der Waals surface area contributed by atoms with Crippen LogP contribution < -0.4 is 0 Å². The summed E-state index contributed by atoms with van der Waals surface area (Å²) in [7, 11) is 0. The molecule has 2 rings (SSSR count). The molecule has 0 aliphatic carbocycles. The highest BCUT2D eigenvalue weighted by molar-refractivity contribution is 9.10. The predicted molar refractivity (Wildman–Crippen MR) is 81.3 cm³/mol. The van der Waals surface area contributed by atoms with E-state index in [2.05, 4.69) is 59.4 Å². The minimum absolute atomic E-state index is 0.308. The first-order chi connectivity index (χ1) is 8.54. The van der Waals surface area contributed by atoms with E-state index < -0.39 is 0 Å². The lowest BCUT2D eigenvalue weighted by Crippen LogP contribution is -2.13. The van der Waals surface area contributed by atoms with Gasteiger partial charge in [0.25, 0.3) is 0 Å². The average Bonchev–Trinajstić information content (AvgIpc) is 2.69. The van der Waals surface area contributed by atoms with Gasteiger partial charge in [-0.05, 0) is 59.0 Å². The first-order valence-corrected chi connectivity index (χ1v) is 7.69. The van der Waals surface area contributed by atoms with Crippen LogP contribution in [0.5, 0.6) is 0 Å². The van der Waals surface area contributed by atoms with Crippen LogP contribution >= 0.6 is 27.3 Å². The smallest absolute Gasteiger partial charge is 0.0628 e. The molecule has 0 saturated carbocycles. The molecule has 0 bridgehead atoms. The molecule has 1 N–H and O–H groups in total. The summed E-state index contributed by atoms with van der Waals surface area (Å²) in [5.74, 6) is 0. The zero-order valence-electron chi connectivity index (χ0n) is 10.6. The van der Waals surface area contributed by atoms with Gasteiger partial charge in [0.05, 0.1) is 6.10 Å². The van der Waals surface area contributed by atoms with E-state index in [1.54, 1.807) is 11.3 Å². The minimum Gasteiger partial charge on any atom is -0.392 e. The van der Waals surface area contributed by atoms with Crippen molar-refractivity contribution in [3.05, 3.63) is 55.7 Å². The van der Waals surface area contributed by atoms with Crippen molar-refractivity contribution in [1.82, 2.24) is 0 Å². The standard InChI is InChI=1S/C15H17BrOS/c1-10-3-4-12(5-11(10)2)6-14(17)8-15-7-13(16)9-18-15/h3-5,7,9,14,17H,6,8H2,1-2H3. The molecule has 0 radical (unpaired) electrons. The summed E-state index contributed by atoms with van der Waals surface area (Å²) in [6.07, 6.45) is 1.14. The Morgan fingerprint density at radius 2 is 1.94 bits per heavy atom. The van der Waals surface area contributed by atoms with Crippen LogP contribution in [0.15, 0.2) is 34.1 Å². The lowest BCUT2D eigenvalue weighted by Gasteiger charge is -2.11. The van der Waals surface area contributed by atoms with Gasteiger partial charge in [-0.2, -0.15) is 0 Å². The van der Waals surface area contributed by atoms with Crippen LogP contribution in [0, 0.1) is 13.8 Å². The summed E-state index contributed by atoms with van der Waals surface area (Å²) in [4.78, 5) is 1.22. The molecule has 0 fully saturated rings. The second kappa shape index (κ2) is 6.00. The summed E-state index contributed by atoms with van der Waals surface area (Å²) in [6.45, 7) is 4.22. The molecule has 0 spiro atoms. The summed E-state index contributed by atoms with van der Waals surface area (Å²) in [5, 5.41) is 12.2. The Labute approximate surface area is 121 Å². The van der Waals surface area contributed by atoms with Crippen LogP contribution in [0.3, 0.4) is 0 Å². The zero-order valence-corrected chi connectivity index (χ0v) is 13.0. The molecule has 3 heteroatoms. The molecule has 1 heterocycles. The van der Waals surface area contributed by atoms with E-state index in [1.165, 1.54) is 21.6 Å². The molecule has 1 atom stereocenters. The number of rotatable bonds is 4. The fourth-order valence-corrected chi connectivity index (χ4v) is 3.49. The Kier molecular flexibility index (Phi) is 4.60. The molecular formula is C15H17BrOS. The number of halogens is 1. The van der Waals surface area contributed by atoms with Gasteiger partial charge in [0.1, 0.15) is 0 Å². The van der Waals surface area contributed by atoms with Gasteiger partial charge in [-0.3, -0.25) is 0 Å². The maximum atomic E-state index is 10.1. The van der Waals surface area contributed by atoms with Crippen molar-refractivity contribution in [2.24, 2.45) is 0 Å². The highest BCUT2D eigenvalue weighted by Gasteiger charge is 2.09. The van der Waals surface area contributed by atoms with Gasteiger partial charge in [0.2, 0.25) is 0 Å². The van der Waals surface area contributed by atoms with Crippen molar-refractivity contribution in [1.29, 1.82) is 0 Å². The molecule has 0 aliphatic rings. The van der Waals surface area contributed by atoms with Crippen LogP contribution in [0.25, 0.3) is 0 Å². The first kappa shape index (κ1) is 13.8. The molecule has 1 aromatic heterocycles. The van der Waals surface area contributed by atoms with Gasteiger partial charge in [-0.1, -0.05) is 18.2 Å². The number of hydrogen-bond donors (Lipinski definition) is 1. The topological polar surface area (TPSA) is 20.2 Å². The quantitative estimate of drug-likeness (QED) is 0.890. The summed E-state index contributed by atoms with van der Waals surface area (Å²) in [6, 6.07) is 8.48. The largest absolute Gasteiger partial charge is 0.392 e. The number of thiophene rings is 1. The summed E-state index contributed by atoms with van der Waals surface area (Å²) in [5.41, 5.74) is 3.80. The van der Waals surface area contributed by atoms with Crippen molar-refractivity contribution in [2.45, 2.75) is 32.8 Å². The van der Waals surface area contributed by atoms with Crippen LogP contribution in [-0.4, -0.2) is 11.2 Å². The van der Waals surface area contributed by atoms with Gasteiger partial charge in [0, 0.05) is 21.2 Å². The highest BCUT2D eigenvalue weighted by atomic mass is 79.9. The van der Waals surface area contributed by atoms with Crippen molar-refractivity contribution < 1.29 is 5.11 Å². The second-order valence-corrected chi connectivity index (χ2v) is 6.62. The first-order valence-electron chi connectivity index (χ1n) is 6.01. The van der Waals surface area contributed by atoms with Gasteiger partial charge >= 0.3 is 0 Å². The maximum absolute atomic E-state index is 10.1. The van der Waals surface area contributed by atoms with Crippen molar-refractivity contribution in [3.8, 4) is 0 Å². The summed E-state index contributed by atoms with van der Waals surface area (Å²) >= 11 is 5.12. The van der Waals surface area contributed by atoms with Crippen molar-refractivity contribution in [3.63, 3.8) is 0 Å². The van der Waals surface area contributed by atoms with E-state index >= 15 is 0 Å². The molecule has 0 amide bonds. The molecule has 1 aromatic carbocycles. The number of hydrogen-bond acceptors (Lipinski definition) is 2. The van der Waals surface area contributed by atoms with E-state index in [9.17, 15) is 5.11 Å². The van der Waals surface area contributed by atoms with Crippen LogP contribution in [0.4, 0.5) is 0 Å². The Morgan fingerprint density at radius 1 is 1.17 bits per heavy atom. The van der Waals surface area contributed by atoms with E-state index in [0.717, 1.165) is 17.3 Å². The maximum Gasteiger partial charge on any atom is 0.0628 e. The van der Waals surface area contributed by atoms with Crippen molar-refractivity contribution >= 4 is 27.3 Å². The SMILES string of the molecule is Cc1ccc(CC(O)Cc2cc(Br)cs2)cc1C. The molecule has 1 nitrogen and oxygen atoms in total. The van der Waals surface area contributed by atoms with Crippen LogP contribution in [0.1, 0.15) is 21.6 Å². The lowest BCUT2D eigenvalue weighted by molar-refractivity contribution is 0.176. The molecule has 2 aromatic rings. The average molecular weight is 325 g/mol. The third-order valence-corrected chi connectivity index (χ3v) is 4.82. The van der Waals surface area contributed by atoms with E-state index in [-0.39, 0.29) is 6.10 Å². The molecule has 0 saturated heterocycles. The predicted octanol–water partition coefficient (Wildman–Crippen LogP) is 4.27. The zero-order chi connectivity index (χ0) is 13.1. The Balaban J connectivity index is 1.98. The normalized spacial score (nSPS) is 12.7. The Hall–Kier alpha value is -0.640. The molecular weight excluding hydrogens is 308 g/mol. The van der Waals surface area contributed by atoms with E-state index in [1.807, 2.05) is 0 Å². The van der Waals surface area contributed by atoms with Gasteiger partial charge in [-0.25, -0.2) is 0 Å². The minimum atomic E-state index is -0.308. The fraction of sp³-hybridized carbons (Fsp3) is 0.333. The molecule has 1 unspecified atom stereocenters. The van der Waals surface area contributed by atoms with Crippen LogP contribution in [-0.2, 0) is 12.8 Å². The van der Waals surface area contributed by atoms with Crippen molar-refractivity contribution in [2.75, 3.05) is 0 Å². The Bertz CT molecular complexity index is 533. The number of aryl methyl sites for hydroxylation is 2. The highest BCUT2D eigenvalue weighted by Crippen LogP contribution is 2.22.